The van der Waals surface area contributed by atoms with E-state index in [4.69, 9.17) is 8.83 Å². The zero-order valence-corrected chi connectivity index (χ0v) is 16.6. The molecular weight excluding hydrogens is 432 g/mol. The van der Waals surface area contributed by atoms with E-state index in [0.29, 0.717) is 9.13 Å². The summed E-state index contributed by atoms with van der Waals surface area (Å²) in [5.41, 5.74) is -2.17. The lowest BCUT2D eigenvalue weighted by atomic mass is 10.1. The minimum atomic E-state index is -1.41. The van der Waals surface area contributed by atoms with Crippen LogP contribution in [0.25, 0.3) is 33.3 Å². The summed E-state index contributed by atoms with van der Waals surface area (Å²) in [5.74, 6) is -3.54. The SMILES string of the molecule is O=C(O)c1cc(-n2c(=O)oc3ccccc3c2=O)cc(-n2c(=O)oc3ccccc3c2=O)c1. The van der Waals surface area contributed by atoms with Crippen molar-refractivity contribution in [1.82, 2.24) is 9.13 Å². The third-order valence-corrected chi connectivity index (χ3v) is 5.07. The third-order valence-electron chi connectivity index (χ3n) is 5.07. The minimum absolute atomic E-state index is 0.0600. The number of aromatic carboxylic acids is 1. The number of benzene rings is 3. The van der Waals surface area contributed by atoms with E-state index < -0.39 is 28.6 Å². The molecule has 0 aliphatic carbocycles. The van der Waals surface area contributed by atoms with E-state index in [2.05, 4.69) is 0 Å². The van der Waals surface area contributed by atoms with Gasteiger partial charge in [-0.05, 0) is 42.5 Å². The van der Waals surface area contributed by atoms with Crippen LogP contribution in [0.3, 0.4) is 0 Å². The zero-order valence-electron chi connectivity index (χ0n) is 16.6. The number of hydrogen-bond donors (Lipinski definition) is 1. The maximum atomic E-state index is 13.0. The van der Waals surface area contributed by atoms with Gasteiger partial charge in [0.2, 0.25) is 0 Å². The van der Waals surface area contributed by atoms with Crippen molar-refractivity contribution < 1.29 is 18.7 Å². The summed E-state index contributed by atoms with van der Waals surface area (Å²) in [5, 5.41) is 9.74. The first-order chi connectivity index (χ1) is 15.8. The van der Waals surface area contributed by atoms with Crippen LogP contribution in [0.1, 0.15) is 10.4 Å². The molecule has 162 valence electrons. The number of carboxylic acids is 1. The number of nitrogens with zero attached hydrogens (tertiary/aromatic N) is 2. The number of fused-ring (bicyclic) bond motifs is 2. The molecule has 0 aliphatic rings. The molecule has 10 nitrogen and oxygen atoms in total. The van der Waals surface area contributed by atoms with Crippen molar-refractivity contribution in [2.24, 2.45) is 0 Å². The predicted molar refractivity (Wildman–Crippen MR) is 117 cm³/mol. The van der Waals surface area contributed by atoms with Crippen molar-refractivity contribution in [2.75, 3.05) is 0 Å². The topological polar surface area (TPSA) is 142 Å². The van der Waals surface area contributed by atoms with Gasteiger partial charge in [0.1, 0.15) is 11.2 Å². The molecule has 0 bridgehead atoms. The van der Waals surface area contributed by atoms with Crippen molar-refractivity contribution in [1.29, 1.82) is 0 Å². The van der Waals surface area contributed by atoms with E-state index in [1.165, 1.54) is 24.3 Å². The van der Waals surface area contributed by atoms with Crippen LogP contribution in [0, 0.1) is 0 Å². The van der Waals surface area contributed by atoms with E-state index >= 15 is 0 Å². The van der Waals surface area contributed by atoms with Gasteiger partial charge in [0.25, 0.3) is 11.1 Å². The van der Waals surface area contributed by atoms with E-state index in [9.17, 15) is 29.1 Å². The first kappa shape index (κ1) is 19.9. The van der Waals surface area contributed by atoms with Gasteiger partial charge in [-0.3, -0.25) is 9.59 Å². The van der Waals surface area contributed by atoms with Crippen LogP contribution in [0.2, 0.25) is 0 Å². The first-order valence-corrected chi connectivity index (χ1v) is 9.54. The monoisotopic (exact) mass is 444 g/mol. The summed E-state index contributed by atoms with van der Waals surface area (Å²) in [4.78, 5) is 62.9. The van der Waals surface area contributed by atoms with Gasteiger partial charge in [0.05, 0.1) is 27.7 Å². The van der Waals surface area contributed by atoms with Crippen molar-refractivity contribution >= 4 is 27.9 Å². The van der Waals surface area contributed by atoms with Crippen LogP contribution in [-0.2, 0) is 0 Å². The molecule has 0 atom stereocenters. The average molecular weight is 444 g/mol. The average Bonchev–Trinajstić information content (AvgIpc) is 2.79. The highest BCUT2D eigenvalue weighted by atomic mass is 16.4. The largest absolute Gasteiger partial charge is 0.478 e. The van der Waals surface area contributed by atoms with Crippen LogP contribution in [0.5, 0.6) is 0 Å². The van der Waals surface area contributed by atoms with E-state index in [-0.39, 0.29) is 38.9 Å². The van der Waals surface area contributed by atoms with Crippen molar-refractivity contribution in [3.63, 3.8) is 0 Å². The highest BCUT2D eigenvalue weighted by Gasteiger charge is 2.18. The lowest BCUT2D eigenvalue weighted by Crippen LogP contribution is -2.33. The lowest BCUT2D eigenvalue weighted by Gasteiger charge is -2.11. The van der Waals surface area contributed by atoms with Crippen molar-refractivity contribution in [2.45, 2.75) is 0 Å². The third kappa shape index (κ3) is 3.17. The fourth-order valence-electron chi connectivity index (χ4n) is 3.57. The minimum Gasteiger partial charge on any atom is -0.478 e. The molecule has 2 aromatic heterocycles. The Bertz CT molecular complexity index is 1710. The molecule has 0 aliphatic heterocycles. The fraction of sp³-hybridized carbons (Fsp3) is 0. The van der Waals surface area contributed by atoms with Gasteiger partial charge in [0, 0.05) is 0 Å². The number of rotatable bonds is 3. The second-order valence-electron chi connectivity index (χ2n) is 7.05. The maximum absolute atomic E-state index is 13.0. The Labute approximate surface area is 181 Å². The molecule has 10 heteroatoms. The Morgan fingerprint density at radius 3 is 1.52 bits per heavy atom. The molecule has 33 heavy (non-hydrogen) atoms. The zero-order chi connectivity index (χ0) is 23.3. The van der Waals surface area contributed by atoms with Crippen molar-refractivity contribution in [3.8, 4) is 11.4 Å². The van der Waals surface area contributed by atoms with E-state index in [1.54, 1.807) is 24.3 Å². The van der Waals surface area contributed by atoms with Gasteiger partial charge in [-0.15, -0.1) is 0 Å². The molecule has 5 aromatic rings. The number of hydrogen-bond acceptors (Lipinski definition) is 7. The molecule has 0 fully saturated rings. The predicted octanol–water partition coefficient (Wildman–Crippen LogP) is 1.90. The van der Waals surface area contributed by atoms with Gasteiger partial charge in [-0.2, -0.15) is 0 Å². The van der Waals surface area contributed by atoms with Crippen molar-refractivity contribution in [3.05, 3.63) is 114 Å². The molecule has 0 spiro atoms. The second-order valence-corrected chi connectivity index (χ2v) is 7.05. The van der Waals surface area contributed by atoms with Gasteiger partial charge in [0.15, 0.2) is 0 Å². The molecule has 1 N–H and O–H groups in total. The smallest absolute Gasteiger partial charge is 0.426 e. The Morgan fingerprint density at radius 1 is 0.667 bits per heavy atom. The summed E-state index contributed by atoms with van der Waals surface area (Å²) >= 11 is 0. The number of carbonyl (C=O) groups is 1. The molecule has 3 aromatic carbocycles. The fourth-order valence-corrected chi connectivity index (χ4v) is 3.57. The van der Waals surface area contributed by atoms with Crippen LogP contribution < -0.4 is 22.6 Å². The molecule has 0 unspecified atom stereocenters. The Morgan fingerprint density at radius 2 is 1.09 bits per heavy atom. The normalized spacial score (nSPS) is 11.2. The van der Waals surface area contributed by atoms with Gasteiger partial charge < -0.3 is 13.9 Å². The Balaban J connectivity index is 1.87. The molecule has 0 saturated heterocycles. The summed E-state index contributed by atoms with van der Waals surface area (Å²) in [6.07, 6.45) is 0. The van der Waals surface area contributed by atoms with Crippen LogP contribution >= 0.6 is 0 Å². The lowest BCUT2D eigenvalue weighted by molar-refractivity contribution is 0.0696. The Kier molecular flexibility index (Phi) is 4.42. The van der Waals surface area contributed by atoms with Crippen LogP contribution in [0.4, 0.5) is 0 Å². The quantitative estimate of drug-likeness (QED) is 0.445. The summed E-state index contributed by atoms with van der Waals surface area (Å²) in [6, 6.07) is 15.4. The van der Waals surface area contributed by atoms with Gasteiger partial charge in [-0.1, -0.05) is 24.3 Å². The maximum Gasteiger partial charge on any atom is 0.426 e. The van der Waals surface area contributed by atoms with E-state index in [1.807, 2.05) is 0 Å². The van der Waals surface area contributed by atoms with E-state index in [0.717, 1.165) is 18.2 Å². The van der Waals surface area contributed by atoms with Gasteiger partial charge in [-0.25, -0.2) is 23.5 Å². The number of para-hydroxylation sites is 2. The highest BCUT2D eigenvalue weighted by molar-refractivity contribution is 5.89. The summed E-state index contributed by atoms with van der Waals surface area (Å²) in [7, 11) is 0. The van der Waals surface area contributed by atoms with Crippen LogP contribution in [-0.4, -0.2) is 20.2 Å². The molecule has 5 rings (SSSR count). The molecular formula is C23H12N2O8. The summed E-state index contributed by atoms with van der Waals surface area (Å²) < 4.78 is 11.6. The molecule has 0 radical (unpaired) electrons. The number of carboxylic acid groups (broad SMARTS) is 1. The standard InChI is InChI=1S/C23H12N2O8/c26-19-15-5-1-3-7-17(15)32-22(30)24(19)13-9-12(21(28)29)10-14(11-13)25-20(27)16-6-2-4-8-18(16)33-23(25)31/h1-11H,(H,28,29). The second kappa shape index (κ2) is 7.31. The molecule has 0 amide bonds. The molecule has 2 heterocycles. The highest BCUT2D eigenvalue weighted by Crippen LogP contribution is 2.17. The summed E-state index contributed by atoms with van der Waals surface area (Å²) in [6.45, 7) is 0. The first-order valence-electron chi connectivity index (χ1n) is 9.54. The molecule has 0 saturated carbocycles. The van der Waals surface area contributed by atoms with Crippen LogP contribution in [0.15, 0.2) is 94.7 Å². The number of aromatic nitrogens is 2. The van der Waals surface area contributed by atoms with Gasteiger partial charge >= 0.3 is 17.5 Å². The Hall–Kier alpha value is -4.99.